The van der Waals surface area contributed by atoms with Gasteiger partial charge in [-0.15, -0.1) is 11.3 Å². The van der Waals surface area contributed by atoms with Crippen LogP contribution in [0.5, 0.6) is 0 Å². The molecule has 0 spiro atoms. The number of alkyl halides is 2. The molecule has 2 rings (SSSR count). The summed E-state index contributed by atoms with van der Waals surface area (Å²) in [5.41, 5.74) is 1.67. The topological polar surface area (TPSA) is 52.9 Å². The lowest BCUT2D eigenvalue weighted by Crippen LogP contribution is -2.11. The first-order chi connectivity index (χ1) is 10.4. The second-order valence-electron chi connectivity index (χ2n) is 4.46. The molecule has 0 fully saturated rings. The molecule has 114 valence electrons. The summed E-state index contributed by atoms with van der Waals surface area (Å²) in [6.45, 7) is 3.71. The van der Waals surface area contributed by atoms with Gasteiger partial charge in [0.15, 0.2) is 0 Å². The number of thiophene rings is 1. The van der Waals surface area contributed by atoms with E-state index >= 15 is 0 Å². The third-order valence-electron chi connectivity index (χ3n) is 3.07. The number of carbonyl (C=O) groups excluding carboxylic acids is 1. The van der Waals surface area contributed by atoms with Gasteiger partial charge in [0, 0.05) is 15.3 Å². The summed E-state index contributed by atoms with van der Waals surface area (Å²) in [5.74, 6) is -2.86. The number of hydrogen-bond donors (Lipinski definition) is 1. The summed E-state index contributed by atoms with van der Waals surface area (Å²) >= 11 is 1.77. The molecular weight excluding hydrogens is 326 g/mol. The van der Waals surface area contributed by atoms with Gasteiger partial charge in [-0.1, -0.05) is 11.8 Å². The van der Waals surface area contributed by atoms with Crippen molar-refractivity contribution in [3.63, 3.8) is 0 Å². The normalized spacial score (nSPS) is 10.5. The maximum atomic E-state index is 12.2. The first kappa shape index (κ1) is 16.5. The molecule has 2 aromatic rings. The van der Waals surface area contributed by atoms with Crippen molar-refractivity contribution in [2.45, 2.75) is 24.5 Å². The van der Waals surface area contributed by atoms with E-state index in [0.717, 1.165) is 10.4 Å². The number of nitriles is 1. The molecular formula is C15H12F2N2OS2. The zero-order valence-corrected chi connectivity index (χ0v) is 13.4. The molecule has 0 aliphatic heterocycles. The first-order valence-electron chi connectivity index (χ1n) is 6.28. The largest absolute Gasteiger partial charge is 0.312 e. The summed E-state index contributed by atoms with van der Waals surface area (Å²) in [4.78, 5) is 13.5. The number of amides is 1. The molecule has 0 bridgehead atoms. The zero-order chi connectivity index (χ0) is 16.3. The number of nitrogens with zero attached hydrogens (tertiary/aromatic N) is 1. The fourth-order valence-electron chi connectivity index (χ4n) is 1.81. The highest BCUT2D eigenvalue weighted by Gasteiger charge is 2.15. The third kappa shape index (κ3) is 3.64. The van der Waals surface area contributed by atoms with Crippen LogP contribution >= 0.6 is 23.1 Å². The van der Waals surface area contributed by atoms with E-state index in [0.29, 0.717) is 32.8 Å². The summed E-state index contributed by atoms with van der Waals surface area (Å²) < 4.78 is 24.5. The number of aryl methyl sites for hydroxylation is 1. The Bertz CT molecular complexity index is 733. The number of thioether (sulfide) groups is 1. The fraction of sp³-hybridized carbons (Fsp3) is 0.200. The number of anilines is 1. The molecule has 3 nitrogen and oxygen atoms in total. The Kier molecular flexibility index (Phi) is 5.16. The smallest absolute Gasteiger partial charge is 0.288 e. The lowest BCUT2D eigenvalue weighted by atomic mass is 10.2. The Morgan fingerprint density at radius 1 is 1.32 bits per heavy atom. The van der Waals surface area contributed by atoms with Gasteiger partial charge in [-0.3, -0.25) is 4.79 Å². The van der Waals surface area contributed by atoms with E-state index in [1.807, 2.05) is 13.8 Å². The van der Waals surface area contributed by atoms with Crippen LogP contribution in [0.3, 0.4) is 0 Å². The van der Waals surface area contributed by atoms with E-state index in [1.165, 1.54) is 35.6 Å². The van der Waals surface area contributed by atoms with Crippen LogP contribution in [-0.2, 0) is 0 Å². The van der Waals surface area contributed by atoms with Crippen LogP contribution in [0.2, 0.25) is 0 Å². The van der Waals surface area contributed by atoms with Gasteiger partial charge in [-0.2, -0.15) is 14.0 Å². The van der Waals surface area contributed by atoms with Crippen molar-refractivity contribution in [3.05, 3.63) is 45.8 Å². The Hall–Kier alpha value is -1.91. The second kappa shape index (κ2) is 6.90. The van der Waals surface area contributed by atoms with Crippen molar-refractivity contribution < 1.29 is 13.6 Å². The second-order valence-corrected chi connectivity index (χ2v) is 6.74. The molecule has 0 saturated carbocycles. The summed E-state index contributed by atoms with van der Waals surface area (Å²) in [6, 6.07) is 8.00. The third-order valence-corrected chi connectivity index (χ3v) is 4.91. The van der Waals surface area contributed by atoms with Crippen molar-refractivity contribution in [2.75, 3.05) is 5.32 Å². The van der Waals surface area contributed by atoms with Gasteiger partial charge in [0.25, 0.3) is 11.7 Å². The molecule has 1 aromatic heterocycles. The van der Waals surface area contributed by atoms with Gasteiger partial charge in [-0.25, -0.2) is 0 Å². The van der Waals surface area contributed by atoms with Gasteiger partial charge in [0.1, 0.15) is 11.1 Å². The van der Waals surface area contributed by atoms with Gasteiger partial charge in [-0.05, 0) is 43.7 Å². The van der Waals surface area contributed by atoms with Gasteiger partial charge in [0.05, 0.1) is 5.56 Å². The SMILES string of the molecule is Cc1sc(NC(=O)c2ccc(SC(F)F)cc2)c(C#N)c1C. The summed E-state index contributed by atoms with van der Waals surface area (Å²) in [6.07, 6.45) is 0. The molecule has 1 amide bonds. The van der Waals surface area contributed by atoms with E-state index in [-0.39, 0.29) is 5.91 Å². The molecule has 22 heavy (non-hydrogen) atoms. The molecule has 0 radical (unpaired) electrons. The number of hydrogen-bond acceptors (Lipinski definition) is 4. The average Bonchev–Trinajstić information content (AvgIpc) is 2.73. The Morgan fingerprint density at radius 3 is 2.50 bits per heavy atom. The highest BCUT2D eigenvalue weighted by atomic mass is 32.2. The Morgan fingerprint density at radius 2 is 1.95 bits per heavy atom. The number of benzene rings is 1. The minimum Gasteiger partial charge on any atom is -0.312 e. The molecule has 0 atom stereocenters. The van der Waals surface area contributed by atoms with E-state index in [1.54, 1.807) is 0 Å². The Labute approximate surface area is 135 Å². The molecule has 0 aliphatic rings. The number of rotatable bonds is 4. The van der Waals surface area contributed by atoms with Crippen LogP contribution in [0, 0.1) is 25.2 Å². The number of nitrogens with one attached hydrogen (secondary N) is 1. The van der Waals surface area contributed by atoms with E-state index in [9.17, 15) is 13.6 Å². The van der Waals surface area contributed by atoms with Crippen molar-refractivity contribution in [2.24, 2.45) is 0 Å². The summed E-state index contributed by atoms with van der Waals surface area (Å²) in [5, 5.41) is 12.4. The number of halogens is 2. The van der Waals surface area contributed by atoms with Gasteiger partial charge in [0.2, 0.25) is 0 Å². The van der Waals surface area contributed by atoms with Crippen molar-refractivity contribution in [1.29, 1.82) is 5.26 Å². The molecule has 1 N–H and O–H groups in total. The minimum atomic E-state index is -2.49. The summed E-state index contributed by atoms with van der Waals surface area (Å²) in [7, 11) is 0. The highest BCUT2D eigenvalue weighted by molar-refractivity contribution is 7.99. The Balaban J connectivity index is 2.16. The zero-order valence-electron chi connectivity index (χ0n) is 11.8. The monoisotopic (exact) mass is 338 g/mol. The quantitative estimate of drug-likeness (QED) is 0.815. The maximum absolute atomic E-state index is 12.2. The van der Waals surface area contributed by atoms with Crippen LogP contribution in [0.4, 0.5) is 13.8 Å². The van der Waals surface area contributed by atoms with Crippen LogP contribution in [0.25, 0.3) is 0 Å². The lowest BCUT2D eigenvalue weighted by Gasteiger charge is -2.05. The molecule has 0 aliphatic carbocycles. The molecule has 1 aromatic carbocycles. The highest BCUT2D eigenvalue weighted by Crippen LogP contribution is 2.32. The van der Waals surface area contributed by atoms with Crippen LogP contribution < -0.4 is 5.32 Å². The predicted molar refractivity (Wildman–Crippen MR) is 84.8 cm³/mol. The lowest BCUT2D eigenvalue weighted by molar-refractivity contribution is 0.102. The maximum Gasteiger partial charge on any atom is 0.288 e. The number of carbonyl (C=O) groups is 1. The molecule has 1 heterocycles. The standard InChI is InChI=1S/C15H12F2N2OS2/c1-8-9(2)21-14(12(8)7-18)19-13(20)10-3-5-11(6-4-10)22-15(16)17/h3-6,15H,1-2H3,(H,19,20). The van der Waals surface area contributed by atoms with Crippen LogP contribution in [-0.4, -0.2) is 11.7 Å². The predicted octanol–water partition coefficient (Wildman–Crippen LogP) is 4.80. The van der Waals surface area contributed by atoms with E-state index in [4.69, 9.17) is 5.26 Å². The van der Waals surface area contributed by atoms with Crippen molar-refractivity contribution in [1.82, 2.24) is 0 Å². The molecule has 0 unspecified atom stereocenters. The molecule has 0 saturated heterocycles. The minimum absolute atomic E-state index is 0.353. The fourth-order valence-corrected chi connectivity index (χ4v) is 3.32. The average molecular weight is 338 g/mol. The van der Waals surface area contributed by atoms with Crippen LogP contribution in [0.1, 0.15) is 26.4 Å². The molecule has 7 heteroatoms. The van der Waals surface area contributed by atoms with E-state index in [2.05, 4.69) is 11.4 Å². The van der Waals surface area contributed by atoms with Crippen LogP contribution in [0.15, 0.2) is 29.2 Å². The van der Waals surface area contributed by atoms with E-state index < -0.39 is 5.76 Å². The first-order valence-corrected chi connectivity index (χ1v) is 7.98. The van der Waals surface area contributed by atoms with Gasteiger partial charge >= 0.3 is 0 Å². The van der Waals surface area contributed by atoms with Crippen molar-refractivity contribution in [3.8, 4) is 6.07 Å². The van der Waals surface area contributed by atoms with Crippen molar-refractivity contribution >= 4 is 34.0 Å². The van der Waals surface area contributed by atoms with Gasteiger partial charge < -0.3 is 5.32 Å².